The number of rotatable bonds is 2. The zero-order valence-corrected chi connectivity index (χ0v) is 12.8. The quantitative estimate of drug-likeness (QED) is 0.725. The molecule has 3 heterocycles. The zero-order valence-electron chi connectivity index (χ0n) is 12.0. The second-order valence-electron chi connectivity index (χ2n) is 5.44. The molecule has 4 nitrogen and oxygen atoms in total. The Morgan fingerprint density at radius 3 is 3.00 bits per heavy atom. The van der Waals surface area contributed by atoms with Crippen LogP contribution in [0.15, 0.2) is 48.9 Å². The van der Waals surface area contributed by atoms with Crippen LogP contribution >= 0.6 is 11.3 Å². The molecular formula is C17H15N3OS. The lowest BCUT2D eigenvalue weighted by Gasteiger charge is -2.23. The molecule has 5 heteroatoms. The Hall–Kier alpha value is -2.27. The van der Waals surface area contributed by atoms with Crippen molar-refractivity contribution in [2.24, 2.45) is 0 Å². The molecule has 1 amide bonds. The highest BCUT2D eigenvalue weighted by Crippen LogP contribution is 2.34. The van der Waals surface area contributed by atoms with Crippen molar-refractivity contribution in [2.45, 2.75) is 18.9 Å². The molecule has 0 spiro atoms. The molecule has 0 radical (unpaired) electrons. The number of fused-ring (bicyclic) bond motifs is 1. The number of hydrogen-bond acceptors (Lipinski definition) is 4. The fourth-order valence-corrected chi connectivity index (χ4v) is 4.05. The maximum Gasteiger partial charge on any atom is 0.264 e. The predicted molar refractivity (Wildman–Crippen MR) is 86.9 cm³/mol. The molecule has 1 aliphatic rings. The van der Waals surface area contributed by atoms with Crippen LogP contribution in [0.4, 0.5) is 0 Å². The molecule has 1 saturated heterocycles. The summed E-state index contributed by atoms with van der Waals surface area (Å²) in [6.07, 6.45) is 7.08. The summed E-state index contributed by atoms with van der Waals surface area (Å²) in [5.41, 5.74) is 0.884. The Bertz CT molecular complexity index is 782. The SMILES string of the molecule is O=C(c1cc2ccccc2s1)N1CCC[C@H]1c1cnccn1. The Morgan fingerprint density at radius 2 is 2.18 bits per heavy atom. The highest BCUT2D eigenvalue weighted by molar-refractivity contribution is 7.20. The van der Waals surface area contributed by atoms with Gasteiger partial charge < -0.3 is 4.90 Å². The van der Waals surface area contributed by atoms with Crippen molar-refractivity contribution < 1.29 is 4.79 Å². The highest BCUT2D eigenvalue weighted by atomic mass is 32.1. The van der Waals surface area contributed by atoms with E-state index in [2.05, 4.69) is 16.0 Å². The molecule has 110 valence electrons. The van der Waals surface area contributed by atoms with Crippen molar-refractivity contribution >= 4 is 27.3 Å². The fraction of sp³-hybridized carbons (Fsp3) is 0.235. The average molecular weight is 309 g/mol. The molecule has 2 aromatic heterocycles. The van der Waals surface area contributed by atoms with Crippen molar-refractivity contribution in [1.82, 2.24) is 14.9 Å². The summed E-state index contributed by atoms with van der Waals surface area (Å²) in [6.45, 7) is 0.786. The number of carbonyl (C=O) groups excluding carboxylic acids is 1. The molecule has 0 aliphatic carbocycles. The molecule has 1 aliphatic heterocycles. The van der Waals surface area contributed by atoms with Gasteiger partial charge in [0.15, 0.2) is 0 Å². The molecule has 0 unspecified atom stereocenters. The van der Waals surface area contributed by atoms with Crippen molar-refractivity contribution in [3.63, 3.8) is 0 Å². The number of hydrogen-bond donors (Lipinski definition) is 0. The molecule has 1 fully saturated rings. The summed E-state index contributed by atoms with van der Waals surface area (Å²) >= 11 is 1.56. The smallest absolute Gasteiger partial charge is 0.264 e. The van der Waals surface area contributed by atoms with Gasteiger partial charge in [-0.15, -0.1) is 11.3 Å². The normalized spacial score (nSPS) is 18.0. The van der Waals surface area contributed by atoms with Gasteiger partial charge in [-0.3, -0.25) is 14.8 Å². The molecule has 0 bridgehead atoms. The van der Waals surface area contributed by atoms with E-state index in [4.69, 9.17) is 0 Å². The molecule has 1 aromatic carbocycles. The first-order valence-electron chi connectivity index (χ1n) is 7.38. The van der Waals surface area contributed by atoms with E-state index >= 15 is 0 Å². The van der Waals surface area contributed by atoms with Gasteiger partial charge in [0, 0.05) is 23.6 Å². The van der Waals surface area contributed by atoms with Gasteiger partial charge in [-0.2, -0.15) is 0 Å². The monoisotopic (exact) mass is 309 g/mol. The van der Waals surface area contributed by atoms with E-state index in [0.29, 0.717) is 0 Å². The standard InChI is InChI=1S/C17H15N3OS/c21-17(16-10-12-4-1-2-6-15(12)22-16)20-9-3-5-14(20)13-11-18-7-8-19-13/h1-2,4,6-8,10-11,14H,3,5,9H2/t14-/m0/s1. The van der Waals surface area contributed by atoms with Crippen LogP contribution < -0.4 is 0 Å². The van der Waals surface area contributed by atoms with Gasteiger partial charge >= 0.3 is 0 Å². The van der Waals surface area contributed by atoms with E-state index in [1.807, 2.05) is 29.2 Å². The topological polar surface area (TPSA) is 46.1 Å². The summed E-state index contributed by atoms with van der Waals surface area (Å²) in [6, 6.07) is 10.2. The third-order valence-corrected chi connectivity index (χ3v) is 5.18. The average Bonchev–Trinajstić information content (AvgIpc) is 3.21. The molecule has 1 atom stereocenters. The summed E-state index contributed by atoms with van der Waals surface area (Å²) < 4.78 is 1.15. The van der Waals surface area contributed by atoms with Gasteiger partial charge in [-0.25, -0.2) is 0 Å². The first-order chi connectivity index (χ1) is 10.8. The molecular weight excluding hydrogens is 294 g/mol. The van der Waals surface area contributed by atoms with E-state index in [1.165, 1.54) is 0 Å². The van der Waals surface area contributed by atoms with Crippen LogP contribution in [0.5, 0.6) is 0 Å². The summed E-state index contributed by atoms with van der Waals surface area (Å²) in [5.74, 6) is 0.106. The largest absolute Gasteiger partial charge is 0.329 e. The lowest BCUT2D eigenvalue weighted by molar-refractivity contribution is 0.0737. The second kappa shape index (κ2) is 5.50. The second-order valence-corrected chi connectivity index (χ2v) is 6.52. The van der Waals surface area contributed by atoms with E-state index in [9.17, 15) is 4.79 Å². The minimum absolute atomic E-state index is 0.0476. The van der Waals surface area contributed by atoms with Crippen LogP contribution in [0.2, 0.25) is 0 Å². The minimum Gasteiger partial charge on any atom is -0.329 e. The molecule has 4 rings (SSSR count). The van der Waals surface area contributed by atoms with Gasteiger partial charge in [-0.05, 0) is 30.4 Å². The lowest BCUT2D eigenvalue weighted by atomic mass is 10.1. The number of amides is 1. The van der Waals surface area contributed by atoms with E-state index in [-0.39, 0.29) is 11.9 Å². The Kier molecular flexibility index (Phi) is 3.35. The van der Waals surface area contributed by atoms with Crippen LogP contribution in [0.1, 0.15) is 34.2 Å². The van der Waals surface area contributed by atoms with Gasteiger partial charge in [0.05, 0.1) is 22.8 Å². The fourth-order valence-electron chi connectivity index (χ4n) is 3.03. The molecule has 0 N–H and O–H groups in total. The summed E-state index contributed by atoms with van der Waals surface area (Å²) in [4.78, 5) is 24.1. The van der Waals surface area contributed by atoms with Gasteiger partial charge in [0.25, 0.3) is 5.91 Å². The third kappa shape index (κ3) is 2.27. The number of benzene rings is 1. The number of aromatic nitrogens is 2. The van der Waals surface area contributed by atoms with Crippen LogP contribution in [0.3, 0.4) is 0 Å². The predicted octanol–water partition coefficient (Wildman–Crippen LogP) is 3.67. The van der Waals surface area contributed by atoms with Crippen LogP contribution in [0, 0.1) is 0 Å². The van der Waals surface area contributed by atoms with E-state index < -0.39 is 0 Å². The van der Waals surface area contributed by atoms with Crippen LogP contribution in [-0.2, 0) is 0 Å². The highest BCUT2D eigenvalue weighted by Gasteiger charge is 2.32. The molecule has 22 heavy (non-hydrogen) atoms. The van der Waals surface area contributed by atoms with Crippen LogP contribution in [0.25, 0.3) is 10.1 Å². The van der Waals surface area contributed by atoms with Crippen molar-refractivity contribution in [2.75, 3.05) is 6.54 Å². The summed E-state index contributed by atoms with van der Waals surface area (Å²) in [5, 5.41) is 1.13. The first-order valence-corrected chi connectivity index (χ1v) is 8.20. The number of carbonyl (C=O) groups is 1. The van der Waals surface area contributed by atoms with E-state index in [1.54, 1.807) is 29.9 Å². The van der Waals surface area contributed by atoms with Crippen LogP contribution in [-0.4, -0.2) is 27.3 Å². The zero-order chi connectivity index (χ0) is 14.9. The van der Waals surface area contributed by atoms with Crippen molar-refractivity contribution in [1.29, 1.82) is 0 Å². The van der Waals surface area contributed by atoms with Gasteiger partial charge in [0.1, 0.15) is 0 Å². The number of nitrogens with zero attached hydrogens (tertiary/aromatic N) is 3. The number of likely N-dealkylation sites (tertiary alicyclic amines) is 1. The van der Waals surface area contributed by atoms with Crippen molar-refractivity contribution in [3.05, 3.63) is 59.5 Å². The Balaban J connectivity index is 1.66. The van der Waals surface area contributed by atoms with Crippen molar-refractivity contribution in [3.8, 4) is 0 Å². The molecule has 3 aromatic rings. The third-order valence-electron chi connectivity index (χ3n) is 4.07. The number of thiophene rings is 1. The Labute approximate surface area is 132 Å². The Morgan fingerprint density at radius 1 is 1.27 bits per heavy atom. The minimum atomic E-state index is 0.0476. The van der Waals surface area contributed by atoms with E-state index in [0.717, 1.165) is 40.0 Å². The van der Waals surface area contributed by atoms with Gasteiger partial charge in [-0.1, -0.05) is 18.2 Å². The first kappa shape index (κ1) is 13.4. The summed E-state index contributed by atoms with van der Waals surface area (Å²) in [7, 11) is 0. The molecule has 0 saturated carbocycles. The lowest BCUT2D eigenvalue weighted by Crippen LogP contribution is -2.30. The maximum absolute atomic E-state index is 12.9. The van der Waals surface area contributed by atoms with Gasteiger partial charge in [0.2, 0.25) is 0 Å². The maximum atomic E-state index is 12.9.